The van der Waals surface area contributed by atoms with E-state index < -0.39 is 17.0 Å². The fourth-order valence-electron chi connectivity index (χ4n) is 2.61. The number of hydrogen-bond acceptors (Lipinski definition) is 5. The SMILES string of the molecule is COc1cc(/C=C2\SC(=O)N(Cc3ccccc3F)C2=O)cc(Cl)c1OC. The Morgan fingerprint density at radius 1 is 1.19 bits per heavy atom. The lowest BCUT2D eigenvalue weighted by molar-refractivity contribution is -0.123. The average molecular weight is 408 g/mol. The molecule has 1 heterocycles. The highest BCUT2D eigenvalue weighted by Gasteiger charge is 2.35. The molecule has 0 N–H and O–H groups in total. The molecule has 3 rings (SSSR count). The number of ether oxygens (including phenoxy) is 2. The number of carbonyl (C=O) groups is 2. The molecule has 0 radical (unpaired) electrons. The zero-order valence-electron chi connectivity index (χ0n) is 14.5. The van der Waals surface area contributed by atoms with E-state index >= 15 is 0 Å². The lowest BCUT2D eigenvalue weighted by atomic mass is 10.1. The molecule has 27 heavy (non-hydrogen) atoms. The van der Waals surface area contributed by atoms with Crippen molar-refractivity contribution in [3.8, 4) is 11.5 Å². The van der Waals surface area contributed by atoms with Gasteiger partial charge in [-0.1, -0.05) is 29.8 Å². The molecule has 0 spiro atoms. The predicted molar refractivity (Wildman–Crippen MR) is 102 cm³/mol. The van der Waals surface area contributed by atoms with E-state index in [1.807, 2.05) is 0 Å². The summed E-state index contributed by atoms with van der Waals surface area (Å²) >= 11 is 6.96. The van der Waals surface area contributed by atoms with Crippen LogP contribution >= 0.6 is 23.4 Å². The van der Waals surface area contributed by atoms with Gasteiger partial charge >= 0.3 is 0 Å². The monoisotopic (exact) mass is 407 g/mol. The van der Waals surface area contributed by atoms with Gasteiger partial charge in [0.15, 0.2) is 11.5 Å². The molecule has 2 aromatic rings. The number of benzene rings is 2. The molecule has 0 saturated carbocycles. The maximum Gasteiger partial charge on any atom is 0.293 e. The second-order valence-corrected chi connectivity index (χ2v) is 7.00. The van der Waals surface area contributed by atoms with Crippen LogP contribution in [0.1, 0.15) is 11.1 Å². The van der Waals surface area contributed by atoms with Gasteiger partial charge in [-0.05, 0) is 41.6 Å². The first-order valence-electron chi connectivity index (χ1n) is 7.85. The van der Waals surface area contributed by atoms with E-state index in [-0.39, 0.29) is 17.0 Å². The van der Waals surface area contributed by atoms with Crippen molar-refractivity contribution in [2.75, 3.05) is 14.2 Å². The summed E-state index contributed by atoms with van der Waals surface area (Å²) in [5.41, 5.74) is 0.851. The van der Waals surface area contributed by atoms with Crippen molar-refractivity contribution in [1.82, 2.24) is 4.90 Å². The largest absolute Gasteiger partial charge is 0.493 e. The summed E-state index contributed by atoms with van der Waals surface area (Å²) in [6, 6.07) is 9.28. The van der Waals surface area contributed by atoms with Crippen LogP contribution in [0.25, 0.3) is 6.08 Å². The summed E-state index contributed by atoms with van der Waals surface area (Å²) in [4.78, 5) is 26.1. The van der Waals surface area contributed by atoms with Gasteiger partial charge in [0.2, 0.25) is 0 Å². The van der Waals surface area contributed by atoms with Crippen LogP contribution in [0, 0.1) is 5.82 Å². The molecule has 0 aliphatic carbocycles. The maximum absolute atomic E-state index is 13.8. The van der Waals surface area contributed by atoms with Gasteiger partial charge in [-0.25, -0.2) is 4.39 Å². The van der Waals surface area contributed by atoms with Crippen LogP contribution in [0.15, 0.2) is 41.3 Å². The van der Waals surface area contributed by atoms with Crippen LogP contribution in [0.5, 0.6) is 11.5 Å². The standard InChI is InChI=1S/C19H15ClFNO4S/c1-25-15-8-11(7-13(20)17(15)26-2)9-16-18(23)22(19(24)27-16)10-12-5-3-4-6-14(12)21/h3-9H,10H2,1-2H3/b16-9-. The Hall–Kier alpha value is -2.51. The van der Waals surface area contributed by atoms with Gasteiger partial charge < -0.3 is 9.47 Å². The summed E-state index contributed by atoms with van der Waals surface area (Å²) < 4.78 is 24.2. The van der Waals surface area contributed by atoms with Crippen LogP contribution in [0.4, 0.5) is 9.18 Å². The fourth-order valence-corrected chi connectivity index (χ4v) is 3.74. The second-order valence-electron chi connectivity index (χ2n) is 5.60. The molecule has 1 aliphatic rings. The molecular formula is C19H15ClFNO4S. The Morgan fingerprint density at radius 2 is 1.93 bits per heavy atom. The van der Waals surface area contributed by atoms with E-state index in [0.29, 0.717) is 22.1 Å². The number of imide groups is 1. The Kier molecular flexibility index (Phi) is 5.72. The molecule has 0 aromatic heterocycles. The van der Waals surface area contributed by atoms with Gasteiger partial charge in [-0.3, -0.25) is 14.5 Å². The fraction of sp³-hybridized carbons (Fsp3) is 0.158. The molecule has 5 nitrogen and oxygen atoms in total. The Bertz CT molecular complexity index is 947. The topological polar surface area (TPSA) is 55.8 Å². The summed E-state index contributed by atoms with van der Waals surface area (Å²) in [5, 5.41) is -0.144. The molecule has 2 aromatic carbocycles. The first-order valence-corrected chi connectivity index (χ1v) is 9.04. The van der Waals surface area contributed by atoms with Crippen molar-refractivity contribution in [2.24, 2.45) is 0 Å². The van der Waals surface area contributed by atoms with Crippen molar-refractivity contribution in [3.63, 3.8) is 0 Å². The van der Waals surface area contributed by atoms with Crippen LogP contribution in [-0.4, -0.2) is 30.3 Å². The molecule has 1 aliphatic heterocycles. The third-order valence-electron chi connectivity index (χ3n) is 3.91. The summed E-state index contributed by atoms with van der Waals surface area (Å²) in [5.74, 6) is -0.169. The quantitative estimate of drug-likeness (QED) is 0.670. The molecule has 2 amide bonds. The Balaban J connectivity index is 1.88. The third kappa shape index (κ3) is 3.94. The Morgan fingerprint density at radius 3 is 2.59 bits per heavy atom. The van der Waals surface area contributed by atoms with E-state index in [1.54, 1.807) is 30.3 Å². The van der Waals surface area contributed by atoms with Crippen molar-refractivity contribution < 1.29 is 23.5 Å². The van der Waals surface area contributed by atoms with Gasteiger partial charge in [0.05, 0.1) is 30.7 Å². The number of rotatable bonds is 5. The molecule has 0 bridgehead atoms. The lowest BCUT2D eigenvalue weighted by Crippen LogP contribution is -2.27. The van der Waals surface area contributed by atoms with E-state index in [1.165, 1.54) is 26.4 Å². The van der Waals surface area contributed by atoms with Crippen LogP contribution in [0.2, 0.25) is 5.02 Å². The van der Waals surface area contributed by atoms with Gasteiger partial charge in [-0.15, -0.1) is 0 Å². The number of thioether (sulfide) groups is 1. The summed E-state index contributed by atoms with van der Waals surface area (Å²) in [6.45, 7) is -0.124. The van der Waals surface area contributed by atoms with E-state index in [0.717, 1.165) is 16.7 Å². The highest BCUT2D eigenvalue weighted by Crippen LogP contribution is 2.39. The van der Waals surface area contributed by atoms with Gasteiger partial charge in [-0.2, -0.15) is 0 Å². The van der Waals surface area contributed by atoms with E-state index in [9.17, 15) is 14.0 Å². The number of amides is 2. The Labute approximate surface area is 164 Å². The highest BCUT2D eigenvalue weighted by atomic mass is 35.5. The van der Waals surface area contributed by atoms with Crippen molar-refractivity contribution in [1.29, 1.82) is 0 Å². The summed E-state index contributed by atoms with van der Waals surface area (Å²) in [6.07, 6.45) is 1.54. The van der Waals surface area contributed by atoms with Crippen LogP contribution in [-0.2, 0) is 11.3 Å². The average Bonchev–Trinajstić information content (AvgIpc) is 2.90. The predicted octanol–water partition coefficient (Wildman–Crippen LogP) is 4.73. The number of hydrogen-bond donors (Lipinski definition) is 0. The minimum atomic E-state index is -0.487. The smallest absolute Gasteiger partial charge is 0.293 e. The van der Waals surface area contributed by atoms with Gasteiger partial charge in [0, 0.05) is 5.56 Å². The molecule has 1 saturated heterocycles. The number of halogens is 2. The molecule has 0 atom stereocenters. The minimum Gasteiger partial charge on any atom is -0.493 e. The van der Waals surface area contributed by atoms with E-state index in [2.05, 4.69) is 0 Å². The lowest BCUT2D eigenvalue weighted by Gasteiger charge is -2.13. The minimum absolute atomic E-state index is 0.124. The maximum atomic E-state index is 13.8. The van der Waals surface area contributed by atoms with Gasteiger partial charge in [0.25, 0.3) is 11.1 Å². The van der Waals surface area contributed by atoms with E-state index in [4.69, 9.17) is 21.1 Å². The third-order valence-corrected chi connectivity index (χ3v) is 5.10. The van der Waals surface area contributed by atoms with Crippen molar-refractivity contribution in [2.45, 2.75) is 6.54 Å². The molecule has 1 fully saturated rings. The normalized spacial score (nSPS) is 15.6. The second kappa shape index (κ2) is 8.02. The zero-order chi connectivity index (χ0) is 19.6. The molecule has 140 valence electrons. The number of carbonyl (C=O) groups excluding carboxylic acids is 2. The zero-order valence-corrected chi connectivity index (χ0v) is 16.1. The van der Waals surface area contributed by atoms with Crippen LogP contribution in [0.3, 0.4) is 0 Å². The first kappa shape index (κ1) is 19.3. The molecular weight excluding hydrogens is 393 g/mol. The highest BCUT2D eigenvalue weighted by molar-refractivity contribution is 8.18. The number of methoxy groups -OCH3 is 2. The summed E-state index contributed by atoms with van der Waals surface area (Å²) in [7, 11) is 2.94. The number of nitrogens with zero attached hydrogens (tertiary/aromatic N) is 1. The first-order chi connectivity index (χ1) is 12.9. The van der Waals surface area contributed by atoms with Crippen molar-refractivity contribution >= 4 is 40.6 Å². The molecule has 0 unspecified atom stereocenters. The van der Waals surface area contributed by atoms with Gasteiger partial charge in [0.1, 0.15) is 5.82 Å². The van der Waals surface area contributed by atoms with Crippen LogP contribution < -0.4 is 9.47 Å². The van der Waals surface area contributed by atoms with Crippen molar-refractivity contribution in [3.05, 3.63) is 63.3 Å². The molecule has 8 heteroatoms.